The highest BCUT2D eigenvalue weighted by atomic mass is 13.9. The van der Waals surface area contributed by atoms with Crippen LogP contribution in [0.5, 0.6) is 0 Å². The van der Waals surface area contributed by atoms with Gasteiger partial charge in [0.2, 0.25) is 0 Å². The van der Waals surface area contributed by atoms with Crippen molar-refractivity contribution < 1.29 is 0 Å². The Hall–Kier alpha value is -0.700. The average Bonchev–Trinajstić information content (AvgIpc) is 2.01. The molecule has 0 N–H and O–H groups in total. The third-order valence-corrected chi connectivity index (χ3v) is 1.65. The summed E-state index contributed by atoms with van der Waals surface area (Å²) >= 11 is 0. The summed E-state index contributed by atoms with van der Waals surface area (Å²) in [4.78, 5) is 0. The van der Waals surface area contributed by atoms with E-state index in [-0.39, 0.29) is 0 Å². The molecule has 10 heavy (non-hydrogen) atoms. The van der Waals surface area contributed by atoms with Crippen LogP contribution in [0.3, 0.4) is 0 Å². The quantitative estimate of drug-likeness (QED) is 0.353. The lowest BCUT2D eigenvalue weighted by atomic mass is 10.1. The fraction of sp³-hybridized carbons (Fsp3) is 0.600. The van der Waals surface area contributed by atoms with Gasteiger partial charge in [0.15, 0.2) is 0 Å². The predicted molar refractivity (Wildman–Crippen MR) is 44.6 cm³/mol. The summed E-state index contributed by atoms with van der Waals surface area (Å²) in [5.74, 6) is 6.32. The lowest BCUT2D eigenvalue weighted by Crippen LogP contribution is -1.76. The van der Waals surface area contributed by atoms with Gasteiger partial charge in [-0.25, -0.2) is 0 Å². The monoisotopic (exact) mass is 134 g/mol. The van der Waals surface area contributed by atoms with Gasteiger partial charge in [-0.2, -0.15) is 0 Å². The van der Waals surface area contributed by atoms with E-state index in [0.717, 1.165) is 19.3 Å². The minimum absolute atomic E-state index is 1.05. The highest BCUT2D eigenvalue weighted by Gasteiger charge is 1.85. The minimum atomic E-state index is 1.05. The molecule has 0 saturated heterocycles. The van der Waals surface area contributed by atoms with Crippen molar-refractivity contribution in [2.45, 2.75) is 38.5 Å². The summed E-state index contributed by atoms with van der Waals surface area (Å²) in [6.45, 7) is 0. The van der Waals surface area contributed by atoms with E-state index in [0.29, 0.717) is 0 Å². The molecule has 0 fully saturated rings. The number of rotatable bonds is 0. The van der Waals surface area contributed by atoms with E-state index in [1.807, 2.05) is 0 Å². The molecule has 0 amide bonds. The minimum Gasteiger partial charge on any atom is -0.103 e. The Balaban J connectivity index is 2.28. The van der Waals surface area contributed by atoms with Crippen molar-refractivity contribution in [3.05, 3.63) is 12.2 Å². The molecular weight excluding hydrogens is 120 g/mol. The Morgan fingerprint density at radius 1 is 0.800 bits per heavy atom. The maximum absolute atomic E-state index is 3.17. The average molecular weight is 134 g/mol. The van der Waals surface area contributed by atoms with E-state index in [9.17, 15) is 0 Å². The van der Waals surface area contributed by atoms with Crippen molar-refractivity contribution in [1.82, 2.24) is 0 Å². The summed E-state index contributed by atoms with van der Waals surface area (Å²) in [5.41, 5.74) is 0. The molecule has 0 bridgehead atoms. The first-order chi connectivity index (χ1) is 5.00. The van der Waals surface area contributed by atoms with Gasteiger partial charge in [-0.15, -0.1) is 11.8 Å². The molecule has 0 nitrogen and oxygen atoms in total. The maximum atomic E-state index is 3.17. The Kier molecular flexibility index (Phi) is 3.79. The van der Waals surface area contributed by atoms with Crippen LogP contribution in [-0.4, -0.2) is 0 Å². The van der Waals surface area contributed by atoms with Crippen molar-refractivity contribution in [3.63, 3.8) is 0 Å². The third-order valence-electron chi connectivity index (χ3n) is 1.65. The molecule has 0 aliphatic heterocycles. The summed E-state index contributed by atoms with van der Waals surface area (Å²) < 4.78 is 0. The predicted octanol–water partition coefficient (Wildman–Crippen LogP) is 2.90. The summed E-state index contributed by atoms with van der Waals surface area (Å²) in [6.07, 6.45) is 11.7. The molecule has 1 aliphatic rings. The fourth-order valence-electron chi connectivity index (χ4n) is 1.04. The van der Waals surface area contributed by atoms with Gasteiger partial charge >= 0.3 is 0 Å². The van der Waals surface area contributed by atoms with Gasteiger partial charge in [0.1, 0.15) is 0 Å². The van der Waals surface area contributed by atoms with E-state index >= 15 is 0 Å². The fourth-order valence-corrected chi connectivity index (χ4v) is 1.04. The molecule has 54 valence electrons. The van der Waals surface area contributed by atoms with Crippen LogP contribution in [0.4, 0.5) is 0 Å². The molecule has 0 aromatic rings. The van der Waals surface area contributed by atoms with Gasteiger partial charge in [0.05, 0.1) is 0 Å². The van der Waals surface area contributed by atoms with Gasteiger partial charge in [-0.3, -0.25) is 0 Å². The second kappa shape index (κ2) is 5.11. The second-order valence-corrected chi connectivity index (χ2v) is 2.61. The first kappa shape index (κ1) is 7.41. The maximum Gasteiger partial charge on any atom is 0.0123 e. The molecule has 0 heterocycles. The molecule has 0 spiro atoms. The smallest absolute Gasteiger partial charge is 0.0123 e. The first-order valence-electron chi connectivity index (χ1n) is 4.11. The van der Waals surface area contributed by atoms with E-state index in [2.05, 4.69) is 24.0 Å². The molecule has 0 saturated carbocycles. The van der Waals surface area contributed by atoms with E-state index in [1.54, 1.807) is 0 Å². The van der Waals surface area contributed by atoms with Crippen LogP contribution in [0.15, 0.2) is 12.2 Å². The van der Waals surface area contributed by atoms with Gasteiger partial charge < -0.3 is 0 Å². The van der Waals surface area contributed by atoms with Crippen LogP contribution in [-0.2, 0) is 0 Å². The molecule has 0 unspecified atom stereocenters. The van der Waals surface area contributed by atoms with Gasteiger partial charge in [-0.05, 0) is 25.7 Å². The second-order valence-electron chi connectivity index (χ2n) is 2.61. The van der Waals surface area contributed by atoms with Gasteiger partial charge in [0, 0.05) is 12.8 Å². The Morgan fingerprint density at radius 2 is 1.60 bits per heavy atom. The molecule has 0 aromatic heterocycles. The van der Waals surface area contributed by atoms with Crippen LogP contribution < -0.4 is 0 Å². The standard InChI is InChI=1S/C10H14/c1-2-4-6-8-10-9-7-5-3-1/h1-2H,3-7,9H2/b2-1-. The third kappa shape index (κ3) is 3.35. The molecule has 1 rings (SSSR count). The normalized spacial score (nSPS) is 22.4. The largest absolute Gasteiger partial charge is 0.103 e. The van der Waals surface area contributed by atoms with Gasteiger partial charge in [-0.1, -0.05) is 12.2 Å². The Bertz CT molecular complexity index is 155. The van der Waals surface area contributed by atoms with Crippen LogP contribution in [0, 0.1) is 11.8 Å². The highest BCUT2D eigenvalue weighted by Crippen LogP contribution is 2.02. The van der Waals surface area contributed by atoms with Crippen LogP contribution >= 0.6 is 0 Å². The number of allylic oxidation sites excluding steroid dienone is 2. The van der Waals surface area contributed by atoms with E-state index in [4.69, 9.17) is 0 Å². The molecule has 1 aliphatic carbocycles. The van der Waals surface area contributed by atoms with Crippen molar-refractivity contribution in [3.8, 4) is 11.8 Å². The van der Waals surface area contributed by atoms with E-state index < -0.39 is 0 Å². The Morgan fingerprint density at radius 3 is 2.60 bits per heavy atom. The summed E-state index contributed by atoms with van der Waals surface area (Å²) in [6, 6.07) is 0. The van der Waals surface area contributed by atoms with Crippen molar-refractivity contribution in [1.29, 1.82) is 0 Å². The number of hydrogen-bond acceptors (Lipinski definition) is 0. The first-order valence-corrected chi connectivity index (χ1v) is 4.11. The summed E-state index contributed by atoms with van der Waals surface area (Å²) in [5, 5.41) is 0. The summed E-state index contributed by atoms with van der Waals surface area (Å²) in [7, 11) is 0. The molecule has 0 radical (unpaired) electrons. The van der Waals surface area contributed by atoms with E-state index in [1.165, 1.54) is 19.3 Å². The number of hydrogen-bond donors (Lipinski definition) is 0. The van der Waals surface area contributed by atoms with Crippen molar-refractivity contribution in [2.75, 3.05) is 0 Å². The zero-order valence-corrected chi connectivity index (χ0v) is 6.40. The van der Waals surface area contributed by atoms with Crippen LogP contribution in [0.1, 0.15) is 38.5 Å². The van der Waals surface area contributed by atoms with Crippen molar-refractivity contribution in [2.24, 2.45) is 0 Å². The lowest BCUT2D eigenvalue weighted by Gasteiger charge is -1.93. The molecule has 0 aromatic carbocycles. The SMILES string of the molecule is C1#CCCCC/C=C\CC1. The zero-order valence-electron chi connectivity index (χ0n) is 6.40. The van der Waals surface area contributed by atoms with Gasteiger partial charge in [0.25, 0.3) is 0 Å². The van der Waals surface area contributed by atoms with Crippen LogP contribution in [0.2, 0.25) is 0 Å². The molecular formula is C10H14. The van der Waals surface area contributed by atoms with Crippen molar-refractivity contribution >= 4 is 0 Å². The molecule has 0 heteroatoms. The Labute approximate surface area is 63.3 Å². The van der Waals surface area contributed by atoms with Crippen LogP contribution in [0.25, 0.3) is 0 Å². The lowest BCUT2D eigenvalue weighted by molar-refractivity contribution is 0.767. The zero-order chi connectivity index (χ0) is 7.07. The molecule has 0 atom stereocenters. The highest BCUT2D eigenvalue weighted by molar-refractivity contribution is 5.01. The topological polar surface area (TPSA) is 0 Å².